The van der Waals surface area contributed by atoms with Crippen molar-refractivity contribution in [2.45, 2.75) is 4.90 Å². The fourth-order valence-corrected chi connectivity index (χ4v) is 2.59. The number of benzene rings is 2. The standard InChI is InChI=1S/C14H12N2O6S/c17-12-7-2-1-6-11(12)13(18)15-16-23(21,22)10-5-3-4-9(8-10)14(19)20/h1-8,16-17H,(H,15,18)(H,19,20). The summed E-state index contributed by atoms with van der Waals surface area (Å²) in [5, 5.41) is 18.4. The molecule has 2 aromatic rings. The van der Waals surface area contributed by atoms with Crippen LogP contribution in [-0.2, 0) is 10.0 Å². The molecule has 8 nitrogen and oxygen atoms in total. The maximum absolute atomic E-state index is 12.0. The number of nitrogens with one attached hydrogen (secondary N) is 2. The van der Waals surface area contributed by atoms with Crippen molar-refractivity contribution >= 4 is 21.9 Å². The molecule has 0 saturated heterocycles. The molecule has 120 valence electrons. The fraction of sp³-hybridized carbons (Fsp3) is 0. The molecule has 0 aliphatic rings. The van der Waals surface area contributed by atoms with Crippen LogP contribution in [0.2, 0.25) is 0 Å². The Bertz CT molecular complexity index is 863. The zero-order valence-electron chi connectivity index (χ0n) is 11.6. The van der Waals surface area contributed by atoms with Crippen molar-refractivity contribution < 1.29 is 28.2 Å². The van der Waals surface area contributed by atoms with Gasteiger partial charge in [0.2, 0.25) is 0 Å². The second-order valence-corrected chi connectivity index (χ2v) is 6.09. The maximum atomic E-state index is 12.0. The van der Waals surface area contributed by atoms with E-state index in [1.54, 1.807) is 0 Å². The minimum absolute atomic E-state index is 0.116. The van der Waals surface area contributed by atoms with Crippen LogP contribution in [0, 0.1) is 0 Å². The van der Waals surface area contributed by atoms with Gasteiger partial charge in [0.25, 0.3) is 15.9 Å². The summed E-state index contributed by atoms with van der Waals surface area (Å²) in [6.07, 6.45) is 0. The third-order valence-corrected chi connectivity index (χ3v) is 4.08. The molecule has 0 fully saturated rings. The average Bonchev–Trinajstić information content (AvgIpc) is 2.53. The average molecular weight is 336 g/mol. The van der Waals surface area contributed by atoms with E-state index in [9.17, 15) is 23.1 Å². The number of para-hydroxylation sites is 1. The zero-order valence-corrected chi connectivity index (χ0v) is 12.4. The van der Waals surface area contributed by atoms with Crippen molar-refractivity contribution in [2.75, 3.05) is 0 Å². The number of rotatable bonds is 5. The van der Waals surface area contributed by atoms with Crippen LogP contribution in [0.25, 0.3) is 0 Å². The van der Waals surface area contributed by atoms with E-state index in [1.807, 2.05) is 10.3 Å². The first kappa shape index (κ1) is 16.5. The maximum Gasteiger partial charge on any atom is 0.335 e. The predicted octanol–water partition coefficient (Wildman–Crippen LogP) is 0.714. The van der Waals surface area contributed by atoms with Gasteiger partial charge in [0.05, 0.1) is 16.0 Å². The lowest BCUT2D eigenvalue weighted by Crippen LogP contribution is -2.41. The van der Waals surface area contributed by atoms with Gasteiger partial charge < -0.3 is 10.2 Å². The number of aromatic hydroxyl groups is 1. The normalized spacial score (nSPS) is 11.0. The number of carboxylic acids is 1. The van der Waals surface area contributed by atoms with E-state index in [1.165, 1.54) is 42.5 Å². The van der Waals surface area contributed by atoms with Gasteiger partial charge in [-0.05, 0) is 30.3 Å². The number of phenols is 1. The second-order valence-electron chi connectivity index (χ2n) is 4.41. The van der Waals surface area contributed by atoms with Gasteiger partial charge in [-0.3, -0.25) is 10.2 Å². The zero-order chi connectivity index (χ0) is 17.0. The van der Waals surface area contributed by atoms with Crippen LogP contribution in [0.1, 0.15) is 20.7 Å². The molecule has 23 heavy (non-hydrogen) atoms. The van der Waals surface area contributed by atoms with Gasteiger partial charge in [-0.1, -0.05) is 18.2 Å². The molecule has 0 heterocycles. The lowest BCUT2D eigenvalue weighted by atomic mass is 10.2. The summed E-state index contributed by atoms with van der Waals surface area (Å²) in [5.41, 5.74) is 1.62. The van der Waals surface area contributed by atoms with Crippen LogP contribution in [0.15, 0.2) is 53.4 Å². The van der Waals surface area contributed by atoms with E-state index < -0.39 is 21.9 Å². The Balaban J connectivity index is 2.16. The topological polar surface area (TPSA) is 133 Å². The summed E-state index contributed by atoms with van der Waals surface area (Å²) in [7, 11) is -4.16. The molecule has 2 rings (SSSR count). The molecule has 0 bridgehead atoms. The third kappa shape index (κ3) is 3.84. The first-order valence-corrected chi connectivity index (χ1v) is 7.73. The van der Waals surface area contributed by atoms with Crippen molar-refractivity contribution in [1.82, 2.24) is 10.3 Å². The van der Waals surface area contributed by atoms with Crippen LogP contribution in [0.4, 0.5) is 0 Å². The Morgan fingerprint density at radius 1 is 1.00 bits per heavy atom. The van der Waals surface area contributed by atoms with Crippen LogP contribution in [-0.4, -0.2) is 30.5 Å². The van der Waals surface area contributed by atoms with Gasteiger partial charge in [0.1, 0.15) is 5.75 Å². The number of sulfonamides is 1. The molecule has 4 N–H and O–H groups in total. The van der Waals surface area contributed by atoms with Crippen LogP contribution >= 0.6 is 0 Å². The number of hydrazine groups is 1. The van der Waals surface area contributed by atoms with Crippen molar-refractivity contribution in [2.24, 2.45) is 0 Å². The molecule has 0 aliphatic heterocycles. The van der Waals surface area contributed by atoms with Crippen molar-refractivity contribution in [3.63, 3.8) is 0 Å². The summed E-state index contributed by atoms with van der Waals surface area (Å²) in [6, 6.07) is 10.2. The van der Waals surface area contributed by atoms with Crippen molar-refractivity contribution in [3.05, 3.63) is 59.7 Å². The number of carboxylic acid groups (broad SMARTS) is 1. The van der Waals surface area contributed by atoms with Gasteiger partial charge in [-0.15, -0.1) is 4.83 Å². The molecular weight excluding hydrogens is 324 g/mol. The predicted molar refractivity (Wildman–Crippen MR) is 79.3 cm³/mol. The highest BCUT2D eigenvalue weighted by Crippen LogP contribution is 2.15. The van der Waals surface area contributed by atoms with Crippen LogP contribution in [0.5, 0.6) is 5.75 Å². The molecule has 9 heteroatoms. The van der Waals surface area contributed by atoms with Gasteiger partial charge in [0, 0.05) is 0 Å². The van der Waals surface area contributed by atoms with Gasteiger partial charge in [0.15, 0.2) is 0 Å². The summed E-state index contributed by atoms with van der Waals surface area (Å²) in [6.45, 7) is 0. The molecular formula is C14H12N2O6S. The number of carbonyl (C=O) groups is 2. The third-order valence-electron chi connectivity index (χ3n) is 2.84. The first-order valence-electron chi connectivity index (χ1n) is 6.25. The summed E-state index contributed by atoms with van der Waals surface area (Å²) >= 11 is 0. The molecule has 0 saturated carbocycles. The SMILES string of the molecule is O=C(O)c1cccc(S(=O)(=O)NNC(=O)c2ccccc2O)c1. The Morgan fingerprint density at radius 3 is 2.35 bits per heavy atom. The number of carbonyl (C=O) groups excluding carboxylic acids is 1. The molecule has 0 atom stereocenters. The monoisotopic (exact) mass is 336 g/mol. The molecule has 0 radical (unpaired) electrons. The smallest absolute Gasteiger partial charge is 0.335 e. The lowest BCUT2D eigenvalue weighted by molar-refractivity contribution is 0.0696. The molecule has 2 aromatic carbocycles. The minimum atomic E-state index is -4.16. The van der Waals surface area contributed by atoms with E-state index in [-0.39, 0.29) is 21.8 Å². The fourth-order valence-electron chi connectivity index (χ4n) is 1.70. The Kier molecular flexibility index (Phi) is 4.63. The Labute approximate surface area is 131 Å². The van der Waals surface area contributed by atoms with Crippen LogP contribution in [0.3, 0.4) is 0 Å². The lowest BCUT2D eigenvalue weighted by Gasteiger charge is -2.09. The van der Waals surface area contributed by atoms with Gasteiger partial charge in [-0.2, -0.15) is 0 Å². The summed E-state index contributed by atoms with van der Waals surface area (Å²) < 4.78 is 24.1. The highest BCUT2D eigenvalue weighted by Gasteiger charge is 2.18. The molecule has 0 unspecified atom stereocenters. The number of phenolic OH excluding ortho intramolecular Hbond substituents is 1. The largest absolute Gasteiger partial charge is 0.507 e. The number of hydrogen-bond donors (Lipinski definition) is 4. The van der Waals surface area contributed by atoms with E-state index in [4.69, 9.17) is 5.11 Å². The summed E-state index contributed by atoms with van der Waals surface area (Å²) in [4.78, 5) is 24.2. The number of hydrogen-bond acceptors (Lipinski definition) is 5. The molecule has 0 aromatic heterocycles. The second kappa shape index (κ2) is 6.46. The quantitative estimate of drug-likeness (QED) is 0.595. The van der Waals surface area contributed by atoms with E-state index in [0.29, 0.717) is 0 Å². The van der Waals surface area contributed by atoms with E-state index in [2.05, 4.69) is 0 Å². The van der Waals surface area contributed by atoms with Gasteiger partial charge in [-0.25, -0.2) is 13.2 Å². The summed E-state index contributed by atoms with van der Waals surface area (Å²) in [5.74, 6) is -2.45. The highest BCUT2D eigenvalue weighted by atomic mass is 32.2. The Hall–Kier alpha value is -2.91. The Morgan fingerprint density at radius 2 is 1.70 bits per heavy atom. The molecule has 1 amide bonds. The highest BCUT2D eigenvalue weighted by molar-refractivity contribution is 7.89. The number of amides is 1. The van der Waals surface area contributed by atoms with Crippen LogP contribution < -0.4 is 10.3 Å². The van der Waals surface area contributed by atoms with Gasteiger partial charge >= 0.3 is 5.97 Å². The van der Waals surface area contributed by atoms with E-state index >= 15 is 0 Å². The van der Waals surface area contributed by atoms with Crippen molar-refractivity contribution in [1.29, 1.82) is 0 Å². The first-order chi connectivity index (χ1) is 10.8. The molecule has 0 spiro atoms. The minimum Gasteiger partial charge on any atom is -0.507 e. The van der Waals surface area contributed by atoms with Crippen molar-refractivity contribution in [3.8, 4) is 5.75 Å². The van der Waals surface area contributed by atoms with E-state index in [0.717, 1.165) is 6.07 Å². The molecule has 0 aliphatic carbocycles. The number of aromatic carboxylic acids is 1.